The lowest BCUT2D eigenvalue weighted by atomic mass is 10.2. The topological polar surface area (TPSA) is 54.0 Å². The molecule has 0 aromatic heterocycles. The fourth-order valence-corrected chi connectivity index (χ4v) is 2.21. The van der Waals surface area contributed by atoms with E-state index in [0.29, 0.717) is 11.3 Å². The summed E-state index contributed by atoms with van der Waals surface area (Å²) >= 11 is 0. The number of carbonyl (C=O) groups is 1. The summed E-state index contributed by atoms with van der Waals surface area (Å²) in [6.45, 7) is 3.74. The lowest BCUT2D eigenvalue weighted by Crippen LogP contribution is -2.22. The van der Waals surface area contributed by atoms with Crippen molar-refractivity contribution < 1.29 is 23.7 Å². The minimum atomic E-state index is -0.641. The first-order valence-corrected chi connectivity index (χ1v) is 6.49. The third-order valence-corrected chi connectivity index (χ3v) is 3.06. The molecule has 2 aliphatic rings. The average molecular weight is 276 g/mol. The number of ether oxygens (including phenoxy) is 4. The van der Waals surface area contributed by atoms with Crippen molar-refractivity contribution in [3.8, 4) is 0 Å². The normalized spacial score (nSPS) is 26.6. The number of hydrogen-bond acceptors (Lipinski definition) is 5. The Bertz CT molecular complexity index is 534. The maximum absolute atomic E-state index is 11.8. The van der Waals surface area contributed by atoms with Crippen molar-refractivity contribution in [1.29, 1.82) is 0 Å². The van der Waals surface area contributed by atoms with Crippen molar-refractivity contribution in [3.05, 3.63) is 47.7 Å². The lowest BCUT2D eigenvalue weighted by Gasteiger charge is -2.18. The van der Waals surface area contributed by atoms with Gasteiger partial charge in [-0.1, -0.05) is 18.2 Å². The molecule has 0 amide bonds. The molecule has 1 saturated heterocycles. The summed E-state index contributed by atoms with van der Waals surface area (Å²) in [6, 6.07) is 8.83. The zero-order valence-electron chi connectivity index (χ0n) is 11.4. The summed E-state index contributed by atoms with van der Waals surface area (Å²) in [4.78, 5) is 11.8. The van der Waals surface area contributed by atoms with E-state index in [-0.39, 0.29) is 18.7 Å². The highest BCUT2D eigenvalue weighted by molar-refractivity contribution is 5.89. The second kappa shape index (κ2) is 4.92. The van der Waals surface area contributed by atoms with Gasteiger partial charge in [-0.05, 0) is 32.1 Å². The first kappa shape index (κ1) is 13.1. The van der Waals surface area contributed by atoms with Gasteiger partial charge in [0.15, 0.2) is 5.79 Å². The fourth-order valence-electron chi connectivity index (χ4n) is 2.21. The number of benzene rings is 1. The van der Waals surface area contributed by atoms with Crippen molar-refractivity contribution >= 4 is 5.97 Å². The average Bonchev–Trinajstić information content (AvgIpc) is 2.90. The monoisotopic (exact) mass is 276 g/mol. The van der Waals surface area contributed by atoms with Gasteiger partial charge in [-0.3, -0.25) is 0 Å². The first-order chi connectivity index (χ1) is 9.53. The highest BCUT2D eigenvalue weighted by atomic mass is 16.8. The molecule has 0 saturated carbocycles. The van der Waals surface area contributed by atoms with Crippen molar-refractivity contribution in [3.63, 3.8) is 0 Å². The minimum Gasteiger partial charge on any atom is -0.463 e. The van der Waals surface area contributed by atoms with Gasteiger partial charge in [-0.25, -0.2) is 4.79 Å². The molecule has 0 radical (unpaired) electrons. The van der Waals surface area contributed by atoms with Crippen molar-refractivity contribution in [2.24, 2.45) is 0 Å². The second-order valence-electron chi connectivity index (χ2n) is 5.16. The number of carbonyl (C=O) groups excluding carboxylic acids is 1. The third-order valence-electron chi connectivity index (χ3n) is 3.06. The van der Waals surface area contributed by atoms with Gasteiger partial charge in [0.05, 0.1) is 5.56 Å². The van der Waals surface area contributed by atoms with E-state index in [4.69, 9.17) is 18.9 Å². The SMILES string of the molecule is CC1(C)O[C@@H]2OC(COC(=O)c3ccccc3)=C[C@@H]2O1. The van der Waals surface area contributed by atoms with Crippen LogP contribution in [0.3, 0.4) is 0 Å². The van der Waals surface area contributed by atoms with Crippen molar-refractivity contribution in [1.82, 2.24) is 0 Å². The molecule has 20 heavy (non-hydrogen) atoms. The van der Waals surface area contributed by atoms with Gasteiger partial charge in [-0.15, -0.1) is 0 Å². The summed E-state index contributed by atoms with van der Waals surface area (Å²) in [6.07, 6.45) is 1.10. The van der Waals surface area contributed by atoms with Crippen LogP contribution < -0.4 is 0 Å². The Morgan fingerprint density at radius 3 is 2.70 bits per heavy atom. The van der Waals surface area contributed by atoms with Crippen LogP contribution in [0.2, 0.25) is 0 Å². The van der Waals surface area contributed by atoms with Gasteiger partial charge in [0.25, 0.3) is 0 Å². The molecule has 2 aliphatic heterocycles. The van der Waals surface area contributed by atoms with E-state index >= 15 is 0 Å². The lowest BCUT2D eigenvalue weighted by molar-refractivity contribution is -0.182. The molecule has 3 rings (SSSR count). The molecule has 0 bridgehead atoms. The van der Waals surface area contributed by atoms with E-state index in [2.05, 4.69) is 0 Å². The number of rotatable bonds is 3. The Morgan fingerprint density at radius 2 is 2.00 bits per heavy atom. The van der Waals surface area contributed by atoms with E-state index in [1.165, 1.54) is 0 Å². The maximum atomic E-state index is 11.8. The smallest absolute Gasteiger partial charge is 0.338 e. The van der Waals surface area contributed by atoms with Gasteiger partial charge >= 0.3 is 5.97 Å². The van der Waals surface area contributed by atoms with Gasteiger partial charge < -0.3 is 18.9 Å². The Morgan fingerprint density at radius 1 is 1.25 bits per heavy atom. The van der Waals surface area contributed by atoms with Crippen LogP contribution in [-0.2, 0) is 18.9 Å². The highest BCUT2D eigenvalue weighted by Gasteiger charge is 2.45. The molecule has 106 valence electrons. The Labute approximate surface area is 117 Å². The predicted molar refractivity (Wildman–Crippen MR) is 69.7 cm³/mol. The van der Waals surface area contributed by atoms with E-state index in [0.717, 1.165) is 0 Å². The van der Waals surface area contributed by atoms with Gasteiger partial charge in [0, 0.05) is 0 Å². The molecule has 0 N–H and O–H groups in total. The van der Waals surface area contributed by atoms with Crippen LogP contribution in [-0.4, -0.2) is 30.8 Å². The second-order valence-corrected chi connectivity index (χ2v) is 5.16. The summed E-state index contributed by atoms with van der Waals surface area (Å²) in [5.41, 5.74) is 0.514. The van der Waals surface area contributed by atoms with E-state index in [1.807, 2.05) is 19.9 Å². The molecule has 0 spiro atoms. The van der Waals surface area contributed by atoms with Crippen LogP contribution in [0, 0.1) is 0 Å². The zero-order valence-corrected chi connectivity index (χ0v) is 11.4. The van der Waals surface area contributed by atoms with Crippen LogP contribution in [0.1, 0.15) is 24.2 Å². The standard InChI is InChI=1S/C15H16O5/c1-15(2)19-12-8-11(18-14(12)20-15)9-17-13(16)10-6-4-3-5-7-10/h3-8,12,14H,9H2,1-2H3/t12-,14-/m0/s1. The highest BCUT2D eigenvalue weighted by Crippen LogP contribution is 2.35. The molecule has 0 unspecified atom stereocenters. The van der Waals surface area contributed by atoms with Crippen LogP contribution in [0.15, 0.2) is 42.2 Å². The molecule has 1 aromatic rings. The molecule has 1 fully saturated rings. The van der Waals surface area contributed by atoms with Crippen LogP contribution in [0.5, 0.6) is 0 Å². The molecule has 2 heterocycles. The van der Waals surface area contributed by atoms with Crippen molar-refractivity contribution in [2.75, 3.05) is 6.61 Å². The van der Waals surface area contributed by atoms with E-state index in [9.17, 15) is 4.79 Å². The Hall–Kier alpha value is -1.85. The first-order valence-electron chi connectivity index (χ1n) is 6.49. The molecule has 5 nitrogen and oxygen atoms in total. The maximum Gasteiger partial charge on any atom is 0.338 e. The van der Waals surface area contributed by atoms with Gasteiger partial charge in [-0.2, -0.15) is 0 Å². The predicted octanol–water partition coefficient (Wildman–Crippen LogP) is 2.24. The van der Waals surface area contributed by atoms with E-state index in [1.54, 1.807) is 30.3 Å². The Balaban J connectivity index is 1.55. The number of hydrogen-bond donors (Lipinski definition) is 0. The van der Waals surface area contributed by atoms with Gasteiger partial charge in [0.2, 0.25) is 6.29 Å². The minimum absolute atomic E-state index is 0.0773. The summed E-state index contributed by atoms with van der Waals surface area (Å²) in [5, 5.41) is 0. The largest absolute Gasteiger partial charge is 0.463 e. The summed E-state index contributed by atoms with van der Waals surface area (Å²) in [5.74, 6) is -0.466. The number of fused-ring (bicyclic) bond motifs is 1. The fraction of sp³-hybridized carbons (Fsp3) is 0.400. The Kier molecular flexibility index (Phi) is 3.23. The molecular weight excluding hydrogens is 260 g/mol. The van der Waals surface area contributed by atoms with E-state index < -0.39 is 12.1 Å². The molecule has 5 heteroatoms. The third kappa shape index (κ3) is 2.69. The molecule has 2 atom stereocenters. The number of esters is 1. The van der Waals surface area contributed by atoms with Crippen LogP contribution in [0.25, 0.3) is 0 Å². The van der Waals surface area contributed by atoms with Crippen molar-refractivity contribution in [2.45, 2.75) is 32.0 Å². The molecule has 0 aliphatic carbocycles. The zero-order chi connectivity index (χ0) is 14.2. The van der Waals surface area contributed by atoms with Gasteiger partial charge in [0.1, 0.15) is 18.5 Å². The quantitative estimate of drug-likeness (QED) is 0.792. The molecular formula is C15H16O5. The summed E-state index contributed by atoms with van der Waals surface area (Å²) < 4.78 is 21.9. The van der Waals surface area contributed by atoms with Crippen LogP contribution >= 0.6 is 0 Å². The van der Waals surface area contributed by atoms with Crippen LogP contribution in [0.4, 0.5) is 0 Å². The summed E-state index contributed by atoms with van der Waals surface area (Å²) in [7, 11) is 0. The molecule has 1 aromatic carbocycles.